The molecule has 2 saturated carbocycles. The van der Waals surface area contributed by atoms with E-state index in [-0.39, 0.29) is 47.5 Å². The molecule has 6 atom stereocenters. The fourth-order valence-electron chi connectivity index (χ4n) is 6.56. The second kappa shape index (κ2) is 6.42. The normalized spacial score (nSPS) is 32.3. The number of hydrogen-bond donors (Lipinski definition) is 0. The van der Waals surface area contributed by atoms with E-state index in [9.17, 15) is 9.59 Å². The zero-order valence-electron chi connectivity index (χ0n) is 17.0. The standard InChI is InChI=1S/C26H19ClN2O3/c27-16-8-5-14(6-9-16)23-22-18-12-19(24(22)32-28-23)21-20(18)25(30)29(26(21)31)17-10-7-13-3-1-2-4-15(13)11-17/h1-11,18-22,24H,12H2/t18-,19+,20-,21+,22+,24-/m1/s1. The number of anilines is 1. The molecule has 0 unspecified atom stereocenters. The number of nitrogens with zero attached hydrogens (tertiary/aromatic N) is 2. The maximum Gasteiger partial charge on any atom is 0.238 e. The number of amides is 2. The van der Waals surface area contributed by atoms with Crippen molar-refractivity contribution in [2.45, 2.75) is 12.5 Å². The average molecular weight is 443 g/mol. The number of rotatable bonds is 2. The van der Waals surface area contributed by atoms with Crippen LogP contribution >= 0.6 is 11.6 Å². The van der Waals surface area contributed by atoms with Gasteiger partial charge in [0.2, 0.25) is 11.8 Å². The molecule has 2 aliphatic heterocycles. The van der Waals surface area contributed by atoms with Crippen LogP contribution < -0.4 is 4.90 Å². The van der Waals surface area contributed by atoms with Gasteiger partial charge in [0.05, 0.1) is 23.2 Å². The summed E-state index contributed by atoms with van der Waals surface area (Å²) in [5.41, 5.74) is 2.50. The van der Waals surface area contributed by atoms with E-state index < -0.39 is 0 Å². The Bertz CT molecular complexity index is 1330. The van der Waals surface area contributed by atoms with Gasteiger partial charge in [-0.15, -0.1) is 0 Å². The summed E-state index contributed by atoms with van der Waals surface area (Å²) in [6.45, 7) is 0. The molecule has 5 nitrogen and oxygen atoms in total. The molecule has 0 aromatic heterocycles. The van der Waals surface area contributed by atoms with E-state index >= 15 is 0 Å². The van der Waals surface area contributed by atoms with Crippen LogP contribution in [0.1, 0.15) is 12.0 Å². The smallest absolute Gasteiger partial charge is 0.238 e. The van der Waals surface area contributed by atoms with Crippen molar-refractivity contribution < 1.29 is 14.4 Å². The van der Waals surface area contributed by atoms with Gasteiger partial charge in [-0.05, 0) is 52.9 Å². The van der Waals surface area contributed by atoms with E-state index in [4.69, 9.17) is 16.4 Å². The third kappa shape index (κ3) is 2.32. The largest absolute Gasteiger partial charge is 0.391 e. The minimum atomic E-state index is -0.319. The molecule has 2 aliphatic carbocycles. The van der Waals surface area contributed by atoms with Gasteiger partial charge in [0.1, 0.15) is 6.10 Å². The van der Waals surface area contributed by atoms with E-state index in [1.54, 1.807) is 0 Å². The molecule has 4 aliphatic rings. The molecule has 3 aromatic carbocycles. The third-order valence-corrected chi connectivity index (χ3v) is 8.07. The molecule has 3 aromatic rings. The summed E-state index contributed by atoms with van der Waals surface area (Å²) in [7, 11) is 0. The van der Waals surface area contributed by atoms with Gasteiger partial charge in [-0.1, -0.05) is 59.2 Å². The Labute approximate surface area is 189 Å². The molecule has 0 radical (unpaired) electrons. The minimum absolute atomic E-state index is 0.0189. The molecule has 32 heavy (non-hydrogen) atoms. The maximum absolute atomic E-state index is 13.6. The number of halogens is 1. The van der Waals surface area contributed by atoms with Gasteiger partial charge >= 0.3 is 0 Å². The average Bonchev–Trinajstić information content (AvgIpc) is 3.54. The van der Waals surface area contributed by atoms with E-state index in [0.29, 0.717) is 10.7 Å². The van der Waals surface area contributed by atoms with Crippen LogP contribution in [0.5, 0.6) is 0 Å². The first-order valence-electron chi connectivity index (χ1n) is 11.0. The van der Waals surface area contributed by atoms with Crippen molar-refractivity contribution in [2.24, 2.45) is 34.7 Å². The molecule has 0 spiro atoms. The van der Waals surface area contributed by atoms with E-state index in [1.807, 2.05) is 66.7 Å². The van der Waals surface area contributed by atoms with Crippen LogP contribution in [0.2, 0.25) is 5.02 Å². The summed E-state index contributed by atoms with van der Waals surface area (Å²) >= 11 is 6.05. The lowest BCUT2D eigenvalue weighted by Gasteiger charge is -2.29. The number of carbonyl (C=O) groups excluding carboxylic acids is 2. The first-order valence-corrected chi connectivity index (χ1v) is 11.4. The highest BCUT2D eigenvalue weighted by molar-refractivity contribution is 6.30. The molecule has 6 heteroatoms. The number of fused-ring (bicyclic) bond motifs is 9. The van der Waals surface area contributed by atoms with E-state index in [0.717, 1.165) is 28.5 Å². The van der Waals surface area contributed by atoms with Crippen LogP contribution in [-0.2, 0) is 14.4 Å². The summed E-state index contributed by atoms with van der Waals surface area (Å²) in [5, 5.41) is 7.16. The number of benzene rings is 3. The SMILES string of the molecule is O=C1[C@@H]2[C@H]3C[C@H]([C@H]4ON=C(c5ccc(Cl)cc5)[C@H]34)[C@@H]2C(=O)N1c1ccc2ccccc2c1. The lowest BCUT2D eigenvalue weighted by Crippen LogP contribution is -2.41. The first kappa shape index (κ1) is 18.4. The zero-order chi connectivity index (χ0) is 21.6. The van der Waals surface area contributed by atoms with Crippen LogP contribution in [0.25, 0.3) is 10.8 Å². The number of oxime groups is 1. The number of imide groups is 1. The van der Waals surface area contributed by atoms with Crippen LogP contribution in [0, 0.1) is 29.6 Å². The van der Waals surface area contributed by atoms with E-state index in [2.05, 4.69) is 5.16 Å². The highest BCUT2D eigenvalue weighted by Crippen LogP contribution is 2.62. The summed E-state index contributed by atoms with van der Waals surface area (Å²) in [6, 6.07) is 21.3. The summed E-state index contributed by atoms with van der Waals surface area (Å²) in [5.74, 6) is -0.678. The summed E-state index contributed by atoms with van der Waals surface area (Å²) in [4.78, 5) is 34.4. The molecule has 1 saturated heterocycles. The van der Waals surface area contributed by atoms with Gasteiger partial charge in [-0.25, -0.2) is 0 Å². The highest BCUT2D eigenvalue weighted by atomic mass is 35.5. The zero-order valence-corrected chi connectivity index (χ0v) is 17.8. The topological polar surface area (TPSA) is 59.0 Å². The summed E-state index contributed by atoms with van der Waals surface area (Å²) in [6.07, 6.45) is 0.695. The summed E-state index contributed by atoms with van der Waals surface area (Å²) < 4.78 is 0. The number of carbonyl (C=O) groups is 2. The van der Waals surface area contributed by atoms with Crippen molar-refractivity contribution in [2.75, 3.05) is 4.90 Å². The molecule has 2 heterocycles. The predicted molar refractivity (Wildman–Crippen MR) is 121 cm³/mol. The quantitative estimate of drug-likeness (QED) is 0.542. The minimum Gasteiger partial charge on any atom is -0.391 e. The molecule has 3 fully saturated rings. The third-order valence-electron chi connectivity index (χ3n) is 7.82. The second-order valence-electron chi connectivity index (χ2n) is 9.24. The molecule has 2 bridgehead atoms. The van der Waals surface area contributed by atoms with Gasteiger partial charge < -0.3 is 4.84 Å². The van der Waals surface area contributed by atoms with E-state index in [1.165, 1.54) is 4.90 Å². The van der Waals surface area contributed by atoms with Crippen molar-refractivity contribution >= 4 is 45.6 Å². The van der Waals surface area contributed by atoms with Crippen LogP contribution in [0.3, 0.4) is 0 Å². The molecule has 0 N–H and O–H groups in total. The maximum atomic E-state index is 13.6. The van der Waals surface area contributed by atoms with Gasteiger partial charge in [-0.2, -0.15) is 0 Å². The fourth-order valence-corrected chi connectivity index (χ4v) is 6.68. The van der Waals surface area contributed by atoms with Crippen molar-refractivity contribution in [3.05, 3.63) is 77.3 Å². The molecular weight excluding hydrogens is 424 g/mol. The Kier molecular flexibility index (Phi) is 3.69. The highest BCUT2D eigenvalue weighted by Gasteiger charge is 2.70. The Morgan fingerprint density at radius 3 is 2.34 bits per heavy atom. The van der Waals surface area contributed by atoms with Crippen LogP contribution in [0.4, 0.5) is 5.69 Å². The monoisotopic (exact) mass is 442 g/mol. The lowest BCUT2D eigenvalue weighted by atomic mass is 9.71. The Morgan fingerprint density at radius 2 is 1.56 bits per heavy atom. The molecular formula is C26H19ClN2O3. The van der Waals surface area contributed by atoms with Gasteiger partial charge in [0.25, 0.3) is 0 Å². The molecule has 7 rings (SSSR count). The number of hydrogen-bond acceptors (Lipinski definition) is 4. The predicted octanol–water partition coefficient (Wildman–Crippen LogP) is 4.67. The van der Waals surface area contributed by atoms with Crippen LogP contribution in [-0.4, -0.2) is 23.6 Å². The molecule has 158 valence electrons. The second-order valence-corrected chi connectivity index (χ2v) is 9.67. The fraction of sp³-hybridized carbons (Fsp3) is 0.269. The van der Waals surface area contributed by atoms with Gasteiger partial charge in [0, 0.05) is 16.9 Å². The first-order chi connectivity index (χ1) is 15.6. The van der Waals surface area contributed by atoms with Crippen molar-refractivity contribution in [1.29, 1.82) is 0 Å². The van der Waals surface area contributed by atoms with Crippen molar-refractivity contribution in [3.63, 3.8) is 0 Å². The lowest BCUT2D eigenvalue weighted by molar-refractivity contribution is -0.125. The van der Waals surface area contributed by atoms with Crippen LogP contribution in [0.15, 0.2) is 71.9 Å². The Hall–Kier alpha value is -3.18. The van der Waals surface area contributed by atoms with Gasteiger partial charge in [-0.3, -0.25) is 14.5 Å². The molecule has 2 amide bonds. The van der Waals surface area contributed by atoms with Crippen molar-refractivity contribution in [1.82, 2.24) is 0 Å². The Morgan fingerprint density at radius 1 is 0.844 bits per heavy atom. The Balaban J connectivity index is 1.25. The van der Waals surface area contributed by atoms with Gasteiger partial charge in [0.15, 0.2) is 0 Å². The van der Waals surface area contributed by atoms with Crippen molar-refractivity contribution in [3.8, 4) is 0 Å².